The molecule has 0 aliphatic heterocycles. The number of hydrogen-bond donors (Lipinski definition) is 1. The van der Waals surface area contributed by atoms with Crippen LogP contribution >= 0.6 is 34.7 Å². The Balaban J connectivity index is 1.59. The van der Waals surface area contributed by atoms with Crippen LogP contribution in [0.2, 0.25) is 5.02 Å². The van der Waals surface area contributed by atoms with E-state index in [1.54, 1.807) is 24.4 Å². The largest absolute Gasteiger partial charge is 0.324 e. The number of nitrogens with one attached hydrogen (secondary N) is 1. The first kappa shape index (κ1) is 17.0. The molecule has 8 heteroatoms. The Hall–Kier alpha value is -1.83. The third-order valence-electron chi connectivity index (χ3n) is 3.17. The Morgan fingerprint density at radius 1 is 1.42 bits per heavy atom. The minimum atomic E-state index is -0.141. The molecule has 0 saturated heterocycles. The van der Waals surface area contributed by atoms with Gasteiger partial charge in [-0.3, -0.25) is 14.0 Å². The molecule has 2 heterocycles. The van der Waals surface area contributed by atoms with Crippen LogP contribution in [0.4, 0.5) is 5.69 Å². The fraction of sp³-hybridized carbons (Fsp3) is 0.188. The molecule has 0 bridgehead atoms. The Kier molecular flexibility index (Phi) is 5.23. The number of benzene rings is 1. The maximum absolute atomic E-state index is 12.0. The van der Waals surface area contributed by atoms with E-state index in [1.807, 2.05) is 13.0 Å². The molecule has 124 valence electrons. The van der Waals surface area contributed by atoms with E-state index >= 15 is 0 Å². The second-order valence-electron chi connectivity index (χ2n) is 5.10. The molecule has 3 rings (SSSR count). The first-order chi connectivity index (χ1) is 11.5. The van der Waals surface area contributed by atoms with Crippen LogP contribution in [0.15, 0.2) is 41.3 Å². The molecule has 1 N–H and O–H groups in total. The van der Waals surface area contributed by atoms with E-state index in [0.717, 1.165) is 4.88 Å². The highest BCUT2D eigenvalue weighted by Crippen LogP contribution is 2.21. The molecule has 1 amide bonds. The number of amides is 1. The Morgan fingerprint density at radius 2 is 2.21 bits per heavy atom. The van der Waals surface area contributed by atoms with Gasteiger partial charge in [-0.1, -0.05) is 23.7 Å². The minimum Gasteiger partial charge on any atom is -0.324 e. The van der Waals surface area contributed by atoms with E-state index in [1.165, 1.54) is 33.6 Å². The summed E-state index contributed by atoms with van der Waals surface area (Å²) in [6.45, 7) is 1.94. The Labute approximate surface area is 151 Å². The van der Waals surface area contributed by atoms with Crippen LogP contribution in [0.5, 0.6) is 0 Å². The second kappa shape index (κ2) is 7.38. The Bertz CT molecular complexity index is 952. The molecule has 0 fully saturated rings. The van der Waals surface area contributed by atoms with Crippen LogP contribution in [0.25, 0.3) is 4.96 Å². The topological polar surface area (TPSA) is 63.5 Å². The number of anilines is 1. The van der Waals surface area contributed by atoms with Gasteiger partial charge in [0, 0.05) is 22.9 Å². The van der Waals surface area contributed by atoms with Gasteiger partial charge in [0.05, 0.1) is 22.2 Å². The van der Waals surface area contributed by atoms with Gasteiger partial charge in [0.25, 0.3) is 5.56 Å². The van der Waals surface area contributed by atoms with Crippen molar-refractivity contribution in [3.63, 3.8) is 0 Å². The van der Waals surface area contributed by atoms with Crippen molar-refractivity contribution in [3.8, 4) is 0 Å². The standard InChI is InChI=1S/C16H14ClN3O2S2/c1-10-7-20-15(22)6-11(18-16(20)24-10)8-23-9-14(21)19-13-5-3-2-4-12(13)17/h2-7H,8-9H2,1H3,(H,19,21). The molecule has 0 atom stereocenters. The average Bonchev–Trinajstić information content (AvgIpc) is 2.91. The van der Waals surface area contributed by atoms with E-state index in [4.69, 9.17) is 11.6 Å². The number of nitrogens with zero attached hydrogens (tertiary/aromatic N) is 2. The van der Waals surface area contributed by atoms with E-state index < -0.39 is 0 Å². The zero-order valence-electron chi connectivity index (χ0n) is 12.8. The van der Waals surface area contributed by atoms with Crippen LogP contribution in [0, 0.1) is 6.92 Å². The molecule has 0 saturated carbocycles. The number of thioether (sulfide) groups is 1. The van der Waals surface area contributed by atoms with E-state index in [-0.39, 0.29) is 17.2 Å². The van der Waals surface area contributed by atoms with Crippen LogP contribution in [-0.2, 0) is 10.5 Å². The lowest BCUT2D eigenvalue weighted by molar-refractivity contribution is -0.113. The SMILES string of the molecule is Cc1cn2c(=O)cc(CSCC(=O)Nc3ccccc3Cl)nc2s1. The van der Waals surface area contributed by atoms with Crippen LogP contribution in [0.1, 0.15) is 10.6 Å². The number of para-hydroxylation sites is 1. The highest BCUT2D eigenvalue weighted by molar-refractivity contribution is 7.99. The van der Waals surface area contributed by atoms with Crippen molar-refractivity contribution in [2.24, 2.45) is 0 Å². The van der Waals surface area contributed by atoms with Crippen molar-refractivity contribution in [1.82, 2.24) is 9.38 Å². The summed E-state index contributed by atoms with van der Waals surface area (Å²) in [5.41, 5.74) is 1.18. The van der Waals surface area contributed by atoms with Gasteiger partial charge >= 0.3 is 0 Å². The lowest BCUT2D eigenvalue weighted by Crippen LogP contribution is -2.15. The van der Waals surface area contributed by atoms with Crippen molar-refractivity contribution in [2.45, 2.75) is 12.7 Å². The van der Waals surface area contributed by atoms with Gasteiger partial charge in [-0.25, -0.2) is 4.98 Å². The number of halogens is 1. The normalized spacial score (nSPS) is 10.9. The number of aromatic nitrogens is 2. The summed E-state index contributed by atoms with van der Waals surface area (Å²) in [6, 6.07) is 8.60. The zero-order chi connectivity index (χ0) is 17.1. The third kappa shape index (κ3) is 3.98. The van der Waals surface area contributed by atoms with Crippen LogP contribution in [0.3, 0.4) is 0 Å². The smallest absolute Gasteiger partial charge is 0.258 e. The van der Waals surface area contributed by atoms with Crippen molar-refractivity contribution in [3.05, 3.63) is 62.5 Å². The highest BCUT2D eigenvalue weighted by Gasteiger charge is 2.08. The first-order valence-corrected chi connectivity index (χ1v) is 9.49. The number of thiazole rings is 1. The molecule has 0 radical (unpaired) electrons. The molecule has 24 heavy (non-hydrogen) atoms. The molecule has 5 nitrogen and oxygen atoms in total. The summed E-state index contributed by atoms with van der Waals surface area (Å²) < 4.78 is 1.54. The molecule has 0 unspecified atom stereocenters. The van der Waals surface area contributed by atoms with Crippen molar-refractivity contribution < 1.29 is 4.79 Å². The summed E-state index contributed by atoms with van der Waals surface area (Å²) in [5, 5.41) is 3.27. The predicted molar refractivity (Wildman–Crippen MR) is 100 cm³/mol. The average molecular weight is 380 g/mol. The van der Waals surface area contributed by atoms with Gasteiger partial charge < -0.3 is 5.32 Å². The van der Waals surface area contributed by atoms with E-state index in [0.29, 0.717) is 27.1 Å². The molecule has 0 aliphatic carbocycles. The lowest BCUT2D eigenvalue weighted by Gasteiger charge is -2.06. The Morgan fingerprint density at radius 3 is 3.00 bits per heavy atom. The number of hydrogen-bond acceptors (Lipinski definition) is 5. The number of fused-ring (bicyclic) bond motifs is 1. The predicted octanol–water partition coefficient (Wildman–Crippen LogP) is 3.59. The quantitative estimate of drug-likeness (QED) is 0.735. The lowest BCUT2D eigenvalue weighted by atomic mass is 10.3. The highest BCUT2D eigenvalue weighted by atomic mass is 35.5. The van der Waals surface area contributed by atoms with Crippen LogP contribution < -0.4 is 10.9 Å². The van der Waals surface area contributed by atoms with Crippen molar-refractivity contribution in [1.29, 1.82) is 0 Å². The summed E-state index contributed by atoms with van der Waals surface area (Å²) in [5.74, 6) is 0.617. The molecular formula is C16H14ClN3O2S2. The molecule has 1 aromatic carbocycles. The number of rotatable bonds is 5. The monoisotopic (exact) mass is 379 g/mol. The van der Waals surface area contributed by atoms with Gasteiger partial charge in [0.15, 0.2) is 4.96 Å². The molecule has 2 aromatic heterocycles. The maximum Gasteiger partial charge on any atom is 0.258 e. The molecular weight excluding hydrogens is 366 g/mol. The zero-order valence-corrected chi connectivity index (χ0v) is 15.2. The second-order valence-corrected chi connectivity index (χ2v) is 7.71. The molecule has 0 aliphatic rings. The summed E-state index contributed by atoms with van der Waals surface area (Å²) in [4.78, 5) is 30.1. The first-order valence-electron chi connectivity index (χ1n) is 7.14. The fourth-order valence-electron chi connectivity index (χ4n) is 2.13. The van der Waals surface area contributed by atoms with E-state index in [2.05, 4.69) is 10.3 Å². The van der Waals surface area contributed by atoms with Gasteiger partial charge in [-0.05, 0) is 19.1 Å². The molecule has 0 spiro atoms. The van der Waals surface area contributed by atoms with Gasteiger partial charge in [-0.15, -0.1) is 23.1 Å². The summed E-state index contributed by atoms with van der Waals surface area (Å²) >= 11 is 8.88. The van der Waals surface area contributed by atoms with Gasteiger partial charge in [0.2, 0.25) is 5.91 Å². The third-order valence-corrected chi connectivity index (χ3v) is 5.36. The van der Waals surface area contributed by atoms with Crippen molar-refractivity contribution in [2.75, 3.05) is 11.1 Å². The van der Waals surface area contributed by atoms with Gasteiger partial charge in [0.1, 0.15) is 0 Å². The molecule has 3 aromatic rings. The van der Waals surface area contributed by atoms with Crippen LogP contribution in [-0.4, -0.2) is 21.0 Å². The van der Waals surface area contributed by atoms with Crippen molar-refractivity contribution >= 4 is 51.3 Å². The number of aryl methyl sites for hydroxylation is 1. The van der Waals surface area contributed by atoms with E-state index in [9.17, 15) is 9.59 Å². The number of carbonyl (C=O) groups excluding carboxylic acids is 1. The maximum atomic E-state index is 12.0. The number of carbonyl (C=O) groups is 1. The van der Waals surface area contributed by atoms with Gasteiger partial charge in [-0.2, -0.15) is 0 Å². The summed E-state index contributed by atoms with van der Waals surface area (Å²) in [6.07, 6.45) is 1.78. The fourth-order valence-corrected chi connectivity index (χ4v) is 3.88. The summed E-state index contributed by atoms with van der Waals surface area (Å²) in [7, 11) is 0. The minimum absolute atomic E-state index is 0.0968.